The number of allylic oxidation sites excluding steroid dienone is 4. The number of amides is 1. The van der Waals surface area contributed by atoms with Gasteiger partial charge in [0.25, 0.3) is 0 Å². The van der Waals surface area contributed by atoms with Gasteiger partial charge in [0.2, 0.25) is 30.2 Å². The van der Waals surface area contributed by atoms with Crippen LogP contribution in [0.4, 0.5) is 25.0 Å². The van der Waals surface area contributed by atoms with Gasteiger partial charge in [-0.1, -0.05) is 25.5 Å². The summed E-state index contributed by atoms with van der Waals surface area (Å²) >= 11 is 0. The Bertz CT molecular complexity index is 4010. The zero-order valence-corrected chi connectivity index (χ0v) is 53.2. The van der Waals surface area contributed by atoms with Crippen molar-refractivity contribution in [1.82, 2.24) is 19.4 Å². The Morgan fingerprint density at radius 3 is 1.90 bits per heavy atom. The predicted molar refractivity (Wildman–Crippen MR) is 332 cm³/mol. The molecular weight excluding hydrogens is 1230 g/mol. The maximum absolute atomic E-state index is 16.6. The molecule has 10 atom stereocenters. The molecule has 3 aliphatic heterocycles. The molecule has 0 radical (unpaired) electrons. The second kappa shape index (κ2) is 24.8. The van der Waals surface area contributed by atoms with Crippen LogP contribution in [0, 0.1) is 46.1 Å². The number of nitrogens with one attached hydrogen (secondary N) is 1. The fraction of sp³-hybridized carbons (Fsp3) is 0.574. The summed E-state index contributed by atoms with van der Waals surface area (Å²) in [5, 5.41) is 27.0. The summed E-state index contributed by atoms with van der Waals surface area (Å²) in [6.07, 6.45) is 12.0. The highest BCUT2D eigenvalue weighted by Crippen LogP contribution is 2.67. The van der Waals surface area contributed by atoms with Crippen molar-refractivity contribution in [2.24, 2.45) is 34.5 Å². The van der Waals surface area contributed by atoms with Gasteiger partial charge < -0.3 is 72.5 Å². The number of aromatic nitrogens is 2. The van der Waals surface area contributed by atoms with Crippen molar-refractivity contribution in [3.63, 3.8) is 0 Å². The monoisotopic (exact) mass is 1300 g/mol. The van der Waals surface area contributed by atoms with Crippen molar-refractivity contribution >= 4 is 74.7 Å². The van der Waals surface area contributed by atoms with E-state index in [9.17, 15) is 53.4 Å². The van der Waals surface area contributed by atoms with Crippen LogP contribution >= 0.6 is 0 Å². The number of fused-ring (bicyclic) bond motifs is 8. The van der Waals surface area contributed by atoms with Crippen molar-refractivity contribution in [1.29, 1.82) is 0 Å². The van der Waals surface area contributed by atoms with E-state index >= 15 is 8.78 Å². The van der Waals surface area contributed by atoms with Gasteiger partial charge in [-0.3, -0.25) is 28.8 Å². The molecule has 2 aromatic heterocycles. The van der Waals surface area contributed by atoms with Gasteiger partial charge in [-0.25, -0.2) is 23.2 Å². The van der Waals surface area contributed by atoms with Crippen LogP contribution in [0.2, 0.25) is 0 Å². The molecule has 5 saturated carbocycles. The number of hydrogen-bond acceptors (Lipinski definition) is 21. The number of halogens is 2. The van der Waals surface area contributed by atoms with Crippen LogP contribution in [0.5, 0.6) is 11.5 Å². The molecule has 2 aromatic carbocycles. The molecule has 3 saturated heterocycles. The quantitative estimate of drug-likeness (QED) is 0.0545. The van der Waals surface area contributed by atoms with Crippen LogP contribution < -0.4 is 35.4 Å². The number of benzene rings is 2. The molecule has 3 N–H and O–H groups in total. The van der Waals surface area contributed by atoms with Crippen molar-refractivity contribution in [2.45, 2.75) is 140 Å². The summed E-state index contributed by atoms with van der Waals surface area (Å²) in [5.41, 5.74) is -4.27. The summed E-state index contributed by atoms with van der Waals surface area (Å²) in [6.45, 7) is 5.14. The van der Waals surface area contributed by atoms with Crippen LogP contribution in [0.25, 0.3) is 21.8 Å². The Balaban J connectivity index is 0.598. The minimum atomic E-state index is -1.88. The number of rotatable bonds is 18. The summed E-state index contributed by atoms with van der Waals surface area (Å²) in [5.74, 6) is -6.29. The lowest BCUT2D eigenvalue weighted by molar-refractivity contribution is -0.181. The molecule has 5 heterocycles. The van der Waals surface area contributed by atoms with E-state index in [0.29, 0.717) is 56.6 Å². The second-order valence-electron chi connectivity index (χ2n) is 27.4. The highest BCUT2D eigenvalue weighted by molar-refractivity contribution is 6.02. The number of pyridine rings is 2. The lowest BCUT2D eigenvalue weighted by atomic mass is 9.46. The zero-order valence-electron chi connectivity index (χ0n) is 53.2. The Labute approximate surface area is 539 Å². The third-order valence-electron chi connectivity index (χ3n) is 22.0. The highest BCUT2D eigenvalue weighted by atomic mass is 19.1. The fourth-order valence-electron chi connectivity index (χ4n) is 17.0. The standard InChI is InChI=1S/C68H78F2N6O18/c1-35-27-72(21-22-74(35)65(86)94-33-91-53(81)15-14-52(80)90-32-51(79)68(87)19-17-46-41-13-8-37-23-40(77)16-18-66(37,2)54(41)50(78)26-67(46,68)3)57-47(69)24-42-55(61(57)88-4)75(38-9-10-38)29-44(59(42)82)63(84)92-34-93-64(85)45-30-76(39-11-12-39)56-43(60(45)83)25-48(70)58(62(56)89-5)73-28-36-7-6-20-71-49(36)31-73/h16,18,23-25,29-30,35-36,38-39,41,46,49-50,54,71,78,87H,6-15,17,19-22,26-28,31-34H2,1-5H3/t35?,36?,41?,46?,49?,50-,54?,66-,67-,68-/m0/s1. The molecule has 13 rings (SSSR count). The summed E-state index contributed by atoms with van der Waals surface area (Å²) in [4.78, 5) is 126. The van der Waals surface area contributed by atoms with Gasteiger partial charge in [0, 0.05) is 86.0 Å². The molecule has 6 aliphatic carbocycles. The van der Waals surface area contributed by atoms with Gasteiger partial charge in [-0.15, -0.1) is 0 Å². The zero-order chi connectivity index (χ0) is 66.4. The Hall–Kier alpha value is -8.23. The molecule has 9 aliphatic rings. The number of Topliss-reactive ketones (excluding diaryl/α,β-unsaturated/α-hetero) is 1. The maximum atomic E-state index is 16.6. The van der Waals surface area contributed by atoms with E-state index in [1.165, 1.54) is 31.5 Å². The van der Waals surface area contributed by atoms with E-state index in [-0.39, 0.29) is 113 Å². The van der Waals surface area contributed by atoms with Crippen molar-refractivity contribution in [2.75, 3.05) is 83.5 Å². The largest absolute Gasteiger partial charge is 0.492 e. The molecule has 0 spiro atoms. The number of carbonyl (C=O) groups excluding carboxylic acids is 7. The third-order valence-corrected chi connectivity index (χ3v) is 22.0. The van der Waals surface area contributed by atoms with E-state index in [1.54, 1.807) is 33.1 Å². The van der Waals surface area contributed by atoms with Crippen LogP contribution in [-0.4, -0.2) is 163 Å². The van der Waals surface area contributed by atoms with Gasteiger partial charge in [0.1, 0.15) is 28.1 Å². The second-order valence-corrected chi connectivity index (χ2v) is 27.4. The van der Waals surface area contributed by atoms with Crippen LogP contribution in [0.3, 0.4) is 0 Å². The van der Waals surface area contributed by atoms with Crippen LogP contribution in [-0.2, 0) is 42.9 Å². The number of esters is 4. The van der Waals surface area contributed by atoms with Crippen molar-refractivity contribution < 1.29 is 85.7 Å². The molecule has 94 heavy (non-hydrogen) atoms. The number of nitrogens with zero attached hydrogens (tertiary/aromatic N) is 5. The number of ether oxygens (including phenoxy) is 7. The van der Waals surface area contributed by atoms with Crippen LogP contribution in [0.15, 0.2) is 57.9 Å². The first kappa shape index (κ1) is 64.5. The number of aliphatic hydroxyl groups is 2. The SMILES string of the molecule is COc1c(N2CC3CCCNC3C2)c(F)cc2c(=O)c(C(=O)OCOC(=O)c3cn(C4CC4)c4c(OC)c(N5CCN(C(=O)OCOC(=O)CCC(=O)OCC(=O)[C@@]6(O)CCC7C8CCC9=CC(=O)C=C[C@]9(C)C8[C@@H](O)C[C@@]76C)C(C)C5)c(F)cc4c3=O)cn(C3CC3)c12. The first-order valence-electron chi connectivity index (χ1n) is 32.6. The number of hydrogen-bond donors (Lipinski definition) is 3. The summed E-state index contributed by atoms with van der Waals surface area (Å²) in [6, 6.07) is 1.37. The topological polar surface area (TPSA) is 290 Å². The normalized spacial score (nSPS) is 28.6. The Kier molecular flexibility index (Phi) is 17.0. The highest BCUT2D eigenvalue weighted by Gasteiger charge is 2.68. The van der Waals surface area contributed by atoms with Gasteiger partial charge in [0.05, 0.1) is 55.0 Å². The lowest BCUT2D eigenvalue weighted by Gasteiger charge is -2.59. The maximum Gasteiger partial charge on any atom is 0.413 e. The van der Waals surface area contributed by atoms with Gasteiger partial charge >= 0.3 is 30.0 Å². The molecule has 26 heteroatoms. The van der Waals surface area contributed by atoms with E-state index in [0.717, 1.165) is 49.9 Å². The Morgan fingerprint density at radius 1 is 0.723 bits per heavy atom. The summed E-state index contributed by atoms with van der Waals surface area (Å²) in [7, 11) is 2.73. The molecule has 6 unspecified atom stereocenters. The minimum absolute atomic E-state index is 0.00255. The van der Waals surface area contributed by atoms with E-state index < -0.39 is 131 Å². The molecular formula is C68H78F2N6O18. The van der Waals surface area contributed by atoms with E-state index in [4.69, 9.17) is 33.2 Å². The first-order valence-corrected chi connectivity index (χ1v) is 32.6. The molecule has 502 valence electrons. The van der Waals surface area contributed by atoms with Crippen molar-refractivity contribution in [3.8, 4) is 11.5 Å². The molecule has 4 aromatic rings. The number of aliphatic hydroxyl groups excluding tert-OH is 1. The average molecular weight is 1310 g/mol. The first-order chi connectivity index (χ1) is 45.0. The number of methoxy groups -OCH3 is 2. The number of piperazine rings is 1. The fourth-order valence-corrected chi connectivity index (χ4v) is 17.0. The predicted octanol–water partition coefficient (Wildman–Crippen LogP) is 6.49. The minimum Gasteiger partial charge on any atom is -0.492 e. The van der Waals surface area contributed by atoms with E-state index in [1.807, 2.05) is 24.8 Å². The summed E-state index contributed by atoms with van der Waals surface area (Å²) < 4.78 is 74.3. The molecule has 0 bridgehead atoms. The number of anilines is 2. The number of ketones is 2. The van der Waals surface area contributed by atoms with E-state index in [2.05, 4.69) is 5.32 Å². The molecule has 1 amide bonds. The van der Waals surface area contributed by atoms with Gasteiger partial charge in [-0.05, 0) is 126 Å². The van der Waals surface area contributed by atoms with Crippen molar-refractivity contribution in [3.05, 3.63) is 91.5 Å². The molecule has 8 fully saturated rings. The smallest absolute Gasteiger partial charge is 0.413 e. The third kappa shape index (κ3) is 11.2. The van der Waals surface area contributed by atoms with Crippen LogP contribution in [0.1, 0.15) is 137 Å². The molecule has 24 nitrogen and oxygen atoms in total. The Morgan fingerprint density at radius 2 is 1.32 bits per heavy atom. The van der Waals surface area contributed by atoms with Gasteiger partial charge in [0.15, 0.2) is 35.5 Å². The average Bonchev–Trinajstić information content (AvgIpc) is 1.57. The number of piperidine rings is 1. The lowest BCUT2D eigenvalue weighted by Crippen LogP contribution is -2.61. The number of carbonyl (C=O) groups is 7. The van der Waals surface area contributed by atoms with Gasteiger partial charge in [-0.2, -0.15) is 0 Å².